The molecule has 2 aromatic carbocycles. The number of anilines is 2. The first-order valence-corrected chi connectivity index (χ1v) is 12.1. The third-order valence-corrected chi connectivity index (χ3v) is 6.15. The smallest absolute Gasteiger partial charge is 0.178 e. The van der Waals surface area contributed by atoms with Gasteiger partial charge in [0.25, 0.3) is 0 Å². The van der Waals surface area contributed by atoms with Crippen LogP contribution in [0.15, 0.2) is 54.7 Å². The minimum atomic E-state index is -1.99. The standard InChI is InChI=1S/C23H24N4O2S/c1-30(2,29)14-4-3-10-21(28)19-8-5-7-16-15-17(11-12-18(16)19)25-23-22-20(26-27-23)9-6-13-24-22/h5-9,11-13,15H,1,3-4,10,14H2,2H3,(H2,25,26,27). The second-order valence-corrected chi connectivity index (χ2v) is 10.4. The van der Waals surface area contributed by atoms with Crippen LogP contribution in [0.25, 0.3) is 21.8 Å². The fourth-order valence-corrected chi connectivity index (χ4v) is 4.32. The van der Waals surface area contributed by atoms with Crippen LogP contribution in [0, 0.1) is 0 Å². The van der Waals surface area contributed by atoms with Gasteiger partial charge in [-0.25, -0.2) is 0 Å². The van der Waals surface area contributed by atoms with Gasteiger partial charge >= 0.3 is 0 Å². The normalized spacial score (nSPS) is 13.4. The zero-order valence-electron chi connectivity index (χ0n) is 16.9. The molecule has 1 unspecified atom stereocenters. The second kappa shape index (κ2) is 8.28. The fraction of sp³-hybridized carbons (Fsp3) is 0.217. The zero-order valence-corrected chi connectivity index (χ0v) is 17.7. The molecule has 0 bridgehead atoms. The number of carbonyl (C=O) groups excluding carboxylic acids is 1. The van der Waals surface area contributed by atoms with Gasteiger partial charge in [-0.2, -0.15) is 5.10 Å². The number of pyridine rings is 1. The Morgan fingerprint density at radius 3 is 2.87 bits per heavy atom. The number of fused-ring (bicyclic) bond motifs is 2. The summed E-state index contributed by atoms with van der Waals surface area (Å²) >= 11 is 0. The first-order chi connectivity index (χ1) is 14.4. The van der Waals surface area contributed by atoms with Crippen LogP contribution in [-0.2, 0) is 9.52 Å². The number of unbranched alkanes of at least 4 members (excludes halogenated alkanes) is 1. The number of nitrogens with one attached hydrogen (secondary N) is 2. The summed E-state index contributed by atoms with van der Waals surface area (Å²) in [6, 6.07) is 15.5. The van der Waals surface area contributed by atoms with E-state index in [1.807, 2.05) is 48.5 Å². The highest BCUT2D eigenvalue weighted by Gasteiger charge is 2.12. The van der Waals surface area contributed by atoms with Crippen LogP contribution in [-0.4, -0.2) is 43.1 Å². The average Bonchev–Trinajstić information content (AvgIpc) is 3.13. The van der Waals surface area contributed by atoms with Crippen molar-refractivity contribution in [1.82, 2.24) is 15.2 Å². The van der Waals surface area contributed by atoms with Gasteiger partial charge in [0.05, 0.1) is 5.52 Å². The summed E-state index contributed by atoms with van der Waals surface area (Å²) in [5.74, 6) is 4.99. The molecule has 0 saturated heterocycles. The van der Waals surface area contributed by atoms with Gasteiger partial charge in [0, 0.05) is 35.9 Å². The molecule has 2 aromatic heterocycles. The number of ketones is 1. The van der Waals surface area contributed by atoms with E-state index in [1.165, 1.54) is 0 Å². The number of carbonyl (C=O) groups is 1. The third-order valence-electron chi connectivity index (χ3n) is 4.99. The molecule has 0 saturated carbocycles. The van der Waals surface area contributed by atoms with Crippen LogP contribution in [0.2, 0.25) is 0 Å². The summed E-state index contributed by atoms with van der Waals surface area (Å²) in [7, 11) is -1.99. The Kier molecular flexibility index (Phi) is 5.55. The van der Waals surface area contributed by atoms with Gasteiger partial charge in [0.2, 0.25) is 0 Å². The zero-order chi connectivity index (χ0) is 21.1. The number of Topliss-reactive ketones (excluding diaryl/α,β-unsaturated/α-hetero) is 1. The predicted octanol–water partition coefficient (Wildman–Crippen LogP) is 4.55. The van der Waals surface area contributed by atoms with E-state index in [9.17, 15) is 9.00 Å². The lowest BCUT2D eigenvalue weighted by atomic mass is 9.98. The summed E-state index contributed by atoms with van der Waals surface area (Å²) in [5.41, 5.74) is 3.24. The van der Waals surface area contributed by atoms with E-state index >= 15 is 0 Å². The number of aromatic amines is 1. The Hall–Kier alpha value is -3.19. The van der Waals surface area contributed by atoms with Crippen molar-refractivity contribution < 1.29 is 9.00 Å². The van der Waals surface area contributed by atoms with Crippen LogP contribution in [0.5, 0.6) is 0 Å². The van der Waals surface area contributed by atoms with Crippen molar-refractivity contribution in [3.63, 3.8) is 0 Å². The molecule has 2 N–H and O–H groups in total. The molecule has 6 nitrogen and oxygen atoms in total. The van der Waals surface area contributed by atoms with Gasteiger partial charge in [-0.1, -0.05) is 24.3 Å². The average molecular weight is 421 g/mol. The van der Waals surface area contributed by atoms with Crippen molar-refractivity contribution in [2.24, 2.45) is 0 Å². The van der Waals surface area contributed by atoms with Gasteiger partial charge in [0.15, 0.2) is 11.6 Å². The van der Waals surface area contributed by atoms with E-state index in [2.05, 4.69) is 26.4 Å². The molecule has 154 valence electrons. The van der Waals surface area contributed by atoms with Crippen LogP contribution in [0.4, 0.5) is 11.5 Å². The number of rotatable bonds is 8. The van der Waals surface area contributed by atoms with Crippen molar-refractivity contribution in [2.45, 2.75) is 19.3 Å². The lowest BCUT2D eigenvalue weighted by Gasteiger charge is -2.09. The van der Waals surface area contributed by atoms with Crippen molar-refractivity contribution in [2.75, 3.05) is 17.3 Å². The molecule has 2 heterocycles. The molecule has 1 atom stereocenters. The Morgan fingerprint density at radius 1 is 1.17 bits per heavy atom. The molecular weight excluding hydrogens is 396 g/mol. The molecule has 7 heteroatoms. The molecule has 0 radical (unpaired) electrons. The number of aromatic nitrogens is 3. The lowest BCUT2D eigenvalue weighted by Crippen LogP contribution is -2.05. The van der Waals surface area contributed by atoms with Crippen molar-refractivity contribution >= 4 is 54.5 Å². The summed E-state index contributed by atoms with van der Waals surface area (Å²) in [6.07, 6.45) is 5.30. The maximum atomic E-state index is 12.7. The fourth-order valence-electron chi connectivity index (χ4n) is 3.51. The van der Waals surface area contributed by atoms with Crippen LogP contribution < -0.4 is 5.32 Å². The molecule has 0 fully saturated rings. The van der Waals surface area contributed by atoms with Crippen LogP contribution in [0.3, 0.4) is 0 Å². The number of hydrogen-bond donors (Lipinski definition) is 2. The SMILES string of the molecule is C=S(C)(=O)CCCCC(=O)c1cccc2cc(Nc3n[nH]c4cccnc34)ccc12. The molecular formula is C23H24N4O2S. The molecule has 0 aliphatic carbocycles. The van der Waals surface area contributed by atoms with E-state index < -0.39 is 9.52 Å². The van der Waals surface area contributed by atoms with Gasteiger partial charge in [-0.05, 0) is 63.3 Å². The molecule has 0 aliphatic rings. The largest absolute Gasteiger partial charge is 0.337 e. The summed E-state index contributed by atoms with van der Waals surface area (Å²) in [6.45, 7) is 0. The Morgan fingerprint density at radius 2 is 2.03 bits per heavy atom. The molecule has 30 heavy (non-hydrogen) atoms. The number of benzene rings is 2. The third kappa shape index (κ3) is 4.52. The van der Waals surface area contributed by atoms with E-state index in [0.29, 0.717) is 24.4 Å². The molecule has 4 rings (SSSR count). The Bertz CT molecular complexity index is 1330. The monoisotopic (exact) mass is 420 g/mol. The quantitative estimate of drug-likeness (QED) is 0.248. The van der Waals surface area contributed by atoms with E-state index in [-0.39, 0.29) is 5.78 Å². The van der Waals surface area contributed by atoms with Crippen molar-refractivity contribution in [3.05, 3.63) is 60.3 Å². The van der Waals surface area contributed by atoms with Crippen LogP contribution in [0.1, 0.15) is 29.6 Å². The Balaban J connectivity index is 1.52. The van der Waals surface area contributed by atoms with Gasteiger partial charge in [-0.15, -0.1) is 0 Å². The number of hydrogen-bond acceptors (Lipinski definition) is 5. The van der Waals surface area contributed by atoms with Gasteiger partial charge < -0.3 is 5.32 Å². The molecule has 0 amide bonds. The maximum absolute atomic E-state index is 12.7. The second-order valence-electron chi connectivity index (χ2n) is 7.61. The molecule has 0 spiro atoms. The predicted molar refractivity (Wildman–Crippen MR) is 125 cm³/mol. The van der Waals surface area contributed by atoms with Crippen molar-refractivity contribution in [1.29, 1.82) is 0 Å². The van der Waals surface area contributed by atoms with Gasteiger partial charge in [-0.3, -0.25) is 19.1 Å². The minimum Gasteiger partial charge on any atom is -0.337 e. The topological polar surface area (TPSA) is 87.7 Å². The highest BCUT2D eigenvalue weighted by atomic mass is 32.2. The van der Waals surface area contributed by atoms with E-state index in [1.54, 1.807) is 12.5 Å². The van der Waals surface area contributed by atoms with E-state index in [4.69, 9.17) is 0 Å². The summed E-state index contributed by atoms with van der Waals surface area (Å²) in [5, 5.41) is 12.5. The Labute approximate surface area is 175 Å². The van der Waals surface area contributed by atoms with Gasteiger partial charge in [0.1, 0.15) is 5.52 Å². The summed E-state index contributed by atoms with van der Waals surface area (Å²) in [4.78, 5) is 17.1. The minimum absolute atomic E-state index is 0.107. The lowest BCUT2D eigenvalue weighted by molar-refractivity contribution is 0.0981. The maximum Gasteiger partial charge on any atom is 0.178 e. The number of nitrogens with zero attached hydrogens (tertiary/aromatic N) is 2. The highest BCUT2D eigenvalue weighted by Crippen LogP contribution is 2.27. The van der Waals surface area contributed by atoms with E-state index in [0.717, 1.165) is 39.5 Å². The van der Waals surface area contributed by atoms with Crippen molar-refractivity contribution in [3.8, 4) is 0 Å². The summed E-state index contributed by atoms with van der Waals surface area (Å²) < 4.78 is 11.7. The first-order valence-electron chi connectivity index (χ1n) is 9.83. The number of H-pyrrole nitrogens is 1. The van der Waals surface area contributed by atoms with Crippen LogP contribution >= 0.6 is 0 Å². The molecule has 0 aliphatic heterocycles. The highest BCUT2D eigenvalue weighted by molar-refractivity contribution is 7.99. The molecule has 4 aromatic rings. The first kappa shape index (κ1) is 20.1.